The molecule has 9 atom stereocenters. The zero-order valence-electron chi connectivity index (χ0n) is 25.7. The van der Waals surface area contributed by atoms with E-state index in [1.807, 2.05) is 4.90 Å². The summed E-state index contributed by atoms with van der Waals surface area (Å²) in [6.07, 6.45) is 8.54. The van der Waals surface area contributed by atoms with Crippen molar-refractivity contribution in [3.63, 3.8) is 0 Å². The predicted octanol–water partition coefficient (Wildman–Crippen LogP) is 4.57. The number of fused-ring (bicyclic) bond motifs is 5. The van der Waals surface area contributed by atoms with Gasteiger partial charge >= 0.3 is 17.7 Å². The second-order valence-corrected chi connectivity index (χ2v) is 14.5. The van der Waals surface area contributed by atoms with Crippen LogP contribution in [0.25, 0.3) is 0 Å². The van der Waals surface area contributed by atoms with Crippen LogP contribution in [0.3, 0.4) is 0 Å². The average Bonchev–Trinajstić information content (AvgIpc) is 3.04. The molecule has 9 unspecified atom stereocenters. The third-order valence-electron chi connectivity index (χ3n) is 12.4. The molecule has 1 aromatic rings. The molecule has 1 aliphatic heterocycles. The third kappa shape index (κ3) is 4.88. The van der Waals surface area contributed by atoms with Crippen molar-refractivity contribution < 1.29 is 28.6 Å². The first kappa shape index (κ1) is 29.7. The monoisotopic (exact) mass is 584 g/mol. The number of likely N-dealkylation sites (N-methyl/N-ethyl adjacent to an activating group) is 1. The number of carbonyl (C=O) groups is 2. The van der Waals surface area contributed by atoms with E-state index in [4.69, 9.17) is 13.9 Å². The number of esters is 1. The molecule has 9 nitrogen and oxygen atoms in total. The fourth-order valence-electron chi connectivity index (χ4n) is 10.2. The van der Waals surface area contributed by atoms with Crippen LogP contribution < -0.4 is 5.63 Å². The zero-order chi connectivity index (χ0) is 29.9. The van der Waals surface area contributed by atoms with E-state index in [0.29, 0.717) is 18.3 Å². The highest BCUT2D eigenvalue weighted by Crippen LogP contribution is 2.71. The Balaban J connectivity index is 1.20. The second-order valence-electron chi connectivity index (χ2n) is 14.5. The van der Waals surface area contributed by atoms with Crippen molar-refractivity contribution >= 4 is 12.1 Å². The van der Waals surface area contributed by atoms with Crippen LogP contribution in [0.1, 0.15) is 90.0 Å². The van der Waals surface area contributed by atoms with Gasteiger partial charge in [-0.1, -0.05) is 13.8 Å². The zero-order valence-corrected chi connectivity index (χ0v) is 25.7. The Morgan fingerprint density at radius 1 is 1.00 bits per heavy atom. The Bertz CT molecular complexity index is 1230. The molecule has 0 bridgehead atoms. The molecule has 0 spiro atoms. The Morgan fingerprint density at radius 3 is 2.55 bits per heavy atom. The lowest BCUT2D eigenvalue weighted by Gasteiger charge is -2.63. The lowest BCUT2D eigenvalue weighted by atomic mass is 9.43. The van der Waals surface area contributed by atoms with E-state index in [-0.39, 0.29) is 35.4 Å². The van der Waals surface area contributed by atoms with E-state index in [1.165, 1.54) is 19.3 Å². The van der Waals surface area contributed by atoms with Crippen LogP contribution in [0.2, 0.25) is 0 Å². The minimum absolute atomic E-state index is 0.0537. The summed E-state index contributed by atoms with van der Waals surface area (Å²) in [5, 5.41) is 12.7. The van der Waals surface area contributed by atoms with Crippen molar-refractivity contribution in [2.75, 3.05) is 33.2 Å². The molecule has 232 valence electrons. The van der Waals surface area contributed by atoms with Crippen molar-refractivity contribution in [3.05, 3.63) is 34.4 Å². The van der Waals surface area contributed by atoms with Gasteiger partial charge in [-0.15, -0.1) is 0 Å². The molecule has 1 saturated heterocycles. The molecule has 1 N–H and O–H groups in total. The summed E-state index contributed by atoms with van der Waals surface area (Å²) < 4.78 is 17.2. The number of carbonyl (C=O) groups excluding carboxylic acids is 2. The molecule has 6 rings (SSSR count). The van der Waals surface area contributed by atoms with Crippen LogP contribution in [0.4, 0.5) is 4.79 Å². The van der Waals surface area contributed by atoms with E-state index in [9.17, 15) is 19.5 Å². The number of hydrogen-bond donors (Lipinski definition) is 1. The van der Waals surface area contributed by atoms with E-state index in [0.717, 1.165) is 83.1 Å². The molecular formula is C33H48N2O7. The normalized spacial score (nSPS) is 42.1. The number of ether oxygens (including phenoxy) is 2. The lowest BCUT2D eigenvalue weighted by molar-refractivity contribution is -0.205. The van der Waals surface area contributed by atoms with Gasteiger partial charge in [0.2, 0.25) is 0 Å². The fourth-order valence-corrected chi connectivity index (χ4v) is 10.2. The smallest absolute Gasteiger partial charge is 0.410 e. The summed E-state index contributed by atoms with van der Waals surface area (Å²) in [7, 11) is 2.10. The number of rotatable bonds is 3. The summed E-state index contributed by atoms with van der Waals surface area (Å²) in [5.41, 5.74) is -1.09. The Hall–Kier alpha value is -2.39. The van der Waals surface area contributed by atoms with Crippen LogP contribution in [-0.2, 0) is 14.3 Å². The van der Waals surface area contributed by atoms with Gasteiger partial charge in [-0.05, 0) is 99.8 Å². The SMILES string of the molecule is CC(=O)OC1CC2(O)C3CCC4CC(OC(=O)N5CCCN(C)CC5)CCC4(C)C3CCC2(C)C1c1ccc(=O)oc1. The van der Waals surface area contributed by atoms with E-state index in [2.05, 4.69) is 25.8 Å². The molecule has 0 radical (unpaired) electrons. The minimum Gasteiger partial charge on any atom is -0.462 e. The van der Waals surface area contributed by atoms with Crippen molar-refractivity contribution in [1.82, 2.24) is 9.80 Å². The van der Waals surface area contributed by atoms with E-state index >= 15 is 0 Å². The highest BCUT2D eigenvalue weighted by Gasteiger charge is 2.70. The largest absolute Gasteiger partial charge is 0.462 e. The maximum absolute atomic E-state index is 13.1. The predicted molar refractivity (Wildman–Crippen MR) is 156 cm³/mol. The van der Waals surface area contributed by atoms with Gasteiger partial charge in [-0.2, -0.15) is 0 Å². The molecule has 42 heavy (non-hydrogen) atoms. The summed E-state index contributed by atoms with van der Waals surface area (Å²) in [4.78, 5) is 41.1. The van der Waals surface area contributed by atoms with E-state index in [1.54, 1.807) is 6.07 Å². The van der Waals surface area contributed by atoms with Crippen molar-refractivity contribution in [2.24, 2.45) is 28.6 Å². The van der Waals surface area contributed by atoms with Crippen molar-refractivity contribution in [2.45, 2.75) is 102 Å². The summed E-state index contributed by atoms with van der Waals surface area (Å²) in [5.74, 6) is 0.261. The first-order chi connectivity index (χ1) is 19.9. The van der Waals surface area contributed by atoms with Crippen LogP contribution in [0, 0.1) is 28.6 Å². The van der Waals surface area contributed by atoms with Crippen molar-refractivity contribution in [1.29, 1.82) is 0 Å². The quantitative estimate of drug-likeness (QED) is 0.515. The summed E-state index contributed by atoms with van der Waals surface area (Å²) >= 11 is 0. The molecule has 0 aromatic carbocycles. The maximum Gasteiger partial charge on any atom is 0.410 e. The highest BCUT2D eigenvalue weighted by atomic mass is 16.6. The number of aliphatic hydroxyl groups is 1. The molecule has 4 saturated carbocycles. The molecule has 5 fully saturated rings. The standard InChI is InChI=1S/C33H48N2O7/c1-21(36)41-27-19-33(39)26-8-7-23-18-24(42-30(38)35-15-5-14-34(4)16-17-35)10-12-31(23,2)25(26)11-13-32(33,3)29(27)22-6-9-28(37)40-20-22/h6,9,20,23-27,29,39H,5,7-8,10-19H2,1-4H3. The first-order valence-electron chi connectivity index (χ1n) is 16.1. The maximum atomic E-state index is 13.1. The first-order valence-corrected chi connectivity index (χ1v) is 16.1. The highest BCUT2D eigenvalue weighted by molar-refractivity contribution is 5.68. The number of hydrogen-bond acceptors (Lipinski definition) is 8. The van der Waals surface area contributed by atoms with Crippen molar-refractivity contribution in [3.8, 4) is 0 Å². The van der Waals surface area contributed by atoms with E-state index < -0.39 is 22.7 Å². The Morgan fingerprint density at radius 2 is 1.81 bits per heavy atom. The van der Waals surface area contributed by atoms with Gasteiger partial charge in [-0.3, -0.25) is 4.79 Å². The van der Waals surface area contributed by atoms with Gasteiger partial charge in [0, 0.05) is 50.4 Å². The Labute approximate surface area is 248 Å². The van der Waals surface area contributed by atoms with Crippen LogP contribution in [0.15, 0.2) is 27.6 Å². The van der Waals surface area contributed by atoms with Gasteiger partial charge in [0.1, 0.15) is 12.2 Å². The van der Waals surface area contributed by atoms with Gasteiger partial charge in [0.05, 0.1) is 11.9 Å². The minimum atomic E-state index is -1.01. The Kier molecular flexibility index (Phi) is 7.74. The van der Waals surface area contributed by atoms with Gasteiger partial charge < -0.3 is 28.8 Å². The molecule has 1 amide bonds. The molecule has 9 heteroatoms. The topological polar surface area (TPSA) is 110 Å². The third-order valence-corrected chi connectivity index (χ3v) is 12.4. The fraction of sp³-hybridized carbons (Fsp3) is 0.788. The van der Waals surface area contributed by atoms with Gasteiger partial charge in [-0.25, -0.2) is 9.59 Å². The molecule has 2 heterocycles. The number of nitrogens with zero attached hydrogens (tertiary/aromatic N) is 2. The van der Waals surface area contributed by atoms with Gasteiger partial charge in [0.25, 0.3) is 0 Å². The second kappa shape index (κ2) is 11.0. The average molecular weight is 585 g/mol. The molecule has 1 aromatic heterocycles. The molecule has 5 aliphatic rings. The van der Waals surface area contributed by atoms with Crippen LogP contribution >= 0.6 is 0 Å². The number of amides is 1. The van der Waals surface area contributed by atoms with Crippen LogP contribution in [0.5, 0.6) is 0 Å². The van der Waals surface area contributed by atoms with Crippen LogP contribution in [-0.4, -0.2) is 78.0 Å². The molecular weight excluding hydrogens is 536 g/mol. The lowest BCUT2D eigenvalue weighted by Crippen LogP contribution is -2.62. The summed E-state index contributed by atoms with van der Waals surface area (Å²) in [6.45, 7) is 9.33. The molecule has 4 aliphatic carbocycles. The summed E-state index contributed by atoms with van der Waals surface area (Å²) in [6, 6.07) is 3.18. The van der Waals surface area contributed by atoms with Gasteiger partial charge in [0.15, 0.2) is 0 Å².